The van der Waals surface area contributed by atoms with Gasteiger partial charge in [0.2, 0.25) is 0 Å². The van der Waals surface area contributed by atoms with Crippen LogP contribution in [0.15, 0.2) is 16.9 Å². The number of hydrogen-bond acceptors (Lipinski definition) is 3. The van der Waals surface area contributed by atoms with Gasteiger partial charge in [0.15, 0.2) is 0 Å². The van der Waals surface area contributed by atoms with Crippen LogP contribution in [-0.2, 0) is 4.79 Å². The van der Waals surface area contributed by atoms with Crippen LogP contribution in [0.1, 0.15) is 13.3 Å². The van der Waals surface area contributed by atoms with Crippen LogP contribution in [0, 0.1) is 0 Å². The standard InChI is InChI=1S/C7H11N3O/c1-3-4-6-7(11)8-5-9-10(6)2/h4-5H,3H2,1-2H3,(H,8,9,11)/b6-4+. The second kappa shape index (κ2) is 3.18. The average Bonchev–Trinajstić information content (AvgIpc) is 1.97. The van der Waals surface area contributed by atoms with Crippen molar-refractivity contribution < 1.29 is 4.79 Å². The van der Waals surface area contributed by atoms with E-state index < -0.39 is 0 Å². The summed E-state index contributed by atoms with van der Waals surface area (Å²) in [5.74, 6) is -0.0932. The largest absolute Gasteiger partial charge is 0.310 e. The molecule has 0 aliphatic carbocycles. The third-order valence-corrected chi connectivity index (χ3v) is 1.41. The molecule has 0 fully saturated rings. The summed E-state index contributed by atoms with van der Waals surface area (Å²) in [4.78, 5) is 11.1. The van der Waals surface area contributed by atoms with E-state index >= 15 is 0 Å². The molecule has 1 aliphatic rings. The molecule has 0 spiro atoms. The van der Waals surface area contributed by atoms with Gasteiger partial charge in [0.05, 0.1) is 0 Å². The van der Waals surface area contributed by atoms with Crippen LogP contribution in [0.25, 0.3) is 0 Å². The second-order valence-electron chi connectivity index (χ2n) is 2.24. The SMILES string of the molecule is CC/C=C1\C(=O)NC=NN1C. The summed E-state index contributed by atoms with van der Waals surface area (Å²) in [6.45, 7) is 1.98. The highest BCUT2D eigenvalue weighted by atomic mass is 16.2. The zero-order valence-electron chi connectivity index (χ0n) is 6.66. The summed E-state index contributed by atoms with van der Waals surface area (Å²) in [5.41, 5.74) is 0.606. The number of hydrazone groups is 1. The fourth-order valence-electron chi connectivity index (χ4n) is 0.875. The monoisotopic (exact) mass is 153 g/mol. The quantitative estimate of drug-likeness (QED) is 0.550. The first-order valence-corrected chi connectivity index (χ1v) is 3.53. The lowest BCUT2D eigenvalue weighted by Crippen LogP contribution is -2.35. The van der Waals surface area contributed by atoms with E-state index in [9.17, 15) is 4.79 Å². The van der Waals surface area contributed by atoms with E-state index in [4.69, 9.17) is 0 Å². The van der Waals surface area contributed by atoms with Crippen molar-refractivity contribution in [1.82, 2.24) is 10.3 Å². The first-order valence-electron chi connectivity index (χ1n) is 3.53. The molecule has 1 amide bonds. The first-order chi connectivity index (χ1) is 5.25. The molecule has 0 saturated heterocycles. The minimum absolute atomic E-state index is 0.0932. The molecular weight excluding hydrogens is 142 g/mol. The molecule has 0 aromatic heterocycles. The fourth-order valence-corrected chi connectivity index (χ4v) is 0.875. The predicted octanol–water partition coefficient (Wildman–Crippen LogP) is 0.285. The van der Waals surface area contributed by atoms with E-state index in [-0.39, 0.29) is 5.91 Å². The summed E-state index contributed by atoms with van der Waals surface area (Å²) in [5, 5.41) is 7.95. The molecule has 0 atom stereocenters. The van der Waals surface area contributed by atoms with Gasteiger partial charge in [-0.2, -0.15) is 5.10 Å². The third-order valence-electron chi connectivity index (χ3n) is 1.41. The highest BCUT2D eigenvalue weighted by Gasteiger charge is 2.14. The van der Waals surface area contributed by atoms with Gasteiger partial charge < -0.3 is 5.32 Å². The van der Waals surface area contributed by atoms with E-state index in [0.29, 0.717) is 5.70 Å². The number of amides is 1. The van der Waals surface area contributed by atoms with E-state index in [0.717, 1.165) is 6.42 Å². The number of nitrogens with one attached hydrogen (secondary N) is 1. The summed E-state index contributed by atoms with van der Waals surface area (Å²) in [6, 6.07) is 0. The van der Waals surface area contributed by atoms with Gasteiger partial charge in [-0.15, -0.1) is 0 Å². The Morgan fingerprint density at radius 2 is 2.55 bits per heavy atom. The Morgan fingerprint density at radius 3 is 3.09 bits per heavy atom. The van der Waals surface area contributed by atoms with Gasteiger partial charge in [0.1, 0.15) is 12.0 Å². The maximum atomic E-state index is 11.1. The maximum Gasteiger partial charge on any atom is 0.274 e. The Labute approximate surface area is 65.6 Å². The topological polar surface area (TPSA) is 44.7 Å². The van der Waals surface area contributed by atoms with Crippen molar-refractivity contribution in [2.75, 3.05) is 7.05 Å². The maximum absolute atomic E-state index is 11.1. The molecule has 0 aromatic rings. The van der Waals surface area contributed by atoms with Gasteiger partial charge in [-0.3, -0.25) is 9.80 Å². The summed E-state index contributed by atoms with van der Waals surface area (Å²) >= 11 is 0. The zero-order valence-corrected chi connectivity index (χ0v) is 6.66. The van der Waals surface area contributed by atoms with E-state index in [1.54, 1.807) is 12.1 Å². The zero-order chi connectivity index (χ0) is 8.27. The van der Waals surface area contributed by atoms with Crippen molar-refractivity contribution >= 4 is 12.2 Å². The van der Waals surface area contributed by atoms with Crippen molar-refractivity contribution in [2.45, 2.75) is 13.3 Å². The number of hydrogen-bond donors (Lipinski definition) is 1. The van der Waals surface area contributed by atoms with Gasteiger partial charge in [0.25, 0.3) is 5.91 Å². The van der Waals surface area contributed by atoms with Crippen molar-refractivity contribution in [1.29, 1.82) is 0 Å². The van der Waals surface area contributed by atoms with Crippen molar-refractivity contribution in [2.24, 2.45) is 5.10 Å². The highest BCUT2D eigenvalue weighted by molar-refractivity contribution is 6.00. The summed E-state index contributed by atoms with van der Waals surface area (Å²) < 4.78 is 0. The van der Waals surface area contributed by atoms with Crippen LogP contribution < -0.4 is 5.32 Å². The molecule has 4 nitrogen and oxygen atoms in total. The number of carbonyl (C=O) groups excluding carboxylic acids is 1. The molecule has 1 rings (SSSR count). The third kappa shape index (κ3) is 1.58. The molecule has 1 aliphatic heterocycles. The molecule has 0 radical (unpaired) electrons. The normalized spacial score (nSPS) is 20.7. The van der Waals surface area contributed by atoms with Gasteiger partial charge in [0, 0.05) is 7.05 Å². The summed E-state index contributed by atoms with van der Waals surface area (Å²) in [6.07, 6.45) is 4.06. The van der Waals surface area contributed by atoms with Gasteiger partial charge in [-0.1, -0.05) is 13.0 Å². The summed E-state index contributed by atoms with van der Waals surface area (Å²) in [7, 11) is 1.75. The smallest absolute Gasteiger partial charge is 0.274 e. The predicted molar refractivity (Wildman–Crippen MR) is 42.8 cm³/mol. The Kier molecular flexibility index (Phi) is 2.25. The Bertz CT molecular complexity index is 220. The van der Waals surface area contributed by atoms with Crippen molar-refractivity contribution in [3.05, 3.63) is 11.8 Å². The average molecular weight is 153 g/mol. The van der Waals surface area contributed by atoms with Crippen LogP contribution in [0.4, 0.5) is 0 Å². The van der Waals surface area contributed by atoms with Crippen molar-refractivity contribution in [3.63, 3.8) is 0 Å². The highest BCUT2D eigenvalue weighted by Crippen LogP contribution is 2.05. The Morgan fingerprint density at radius 1 is 1.82 bits per heavy atom. The molecule has 0 unspecified atom stereocenters. The second-order valence-corrected chi connectivity index (χ2v) is 2.24. The lowest BCUT2D eigenvalue weighted by atomic mass is 10.3. The van der Waals surface area contributed by atoms with Crippen LogP contribution in [0.2, 0.25) is 0 Å². The van der Waals surface area contributed by atoms with Gasteiger partial charge in [-0.25, -0.2) is 0 Å². The molecule has 1 N–H and O–H groups in total. The fraction of sp³-hybridized carbons (Fsp3) is 0.429. The number of carbonyl (C=O) groups is 1. The Balaban J connectivity index is 2.83. The van der Waals surface area contributed by atoms with Crippen LogP contribution >= 0.6 is 0 Å². The van der Waals surface area contributed by atoms with Crippen molar-refractivity contribution in [3.8, 4) is 0 Å². The minimum atomic E-state index is -0.0932. The van der Waals surface area contributed by atoms with Gasteiger partial charge in [-0.05, 0) is 6.42 Å². The van der Waals surface area contributed by atoms with E-state index in [1.165, 1.54) is 6.34 Å². The molecule has 4 heteroatoms. The van der Waals surface area contributed by atoms with Crippen LogP contribution in [0.5, 0.6) is 0 Å². The molecule has 0 aromatic carbocycles. The number of allylic oxidation sites excluding steroid dienone is 1. The van der Waals surface area contributed by atoms with E-state index in [2.05, 4.69) is 10.4 Å². The van der Waals surface area contributed by atoms with Crippen LogP contribution in [-0.4, -0.2) is 24.3 Å². The lowest BCUT2D eigenvalue weighted by molar-refractivity contribution is -0.117. The Hall–Kier alpha value is -1.32. The van der Waals surface area contributed by atoms with Crippen LogP contribution in [0.3, 0.4) is 0 Å². The number of likely N-dealkylation sites (N-methyl/N-ethyl adjacent to an activating group) is 1. The lowest BCUT2D eigenvalue weighted by Gasteiger charge is -2.19. The molecule has 0 saturated carbocycles. The first kappa shape index (κ1) is 7.78. The van der Waals surface area contributed by atoms with E-state index in [1.807, 2.05) is 13.0 Å². The molecular formula is C7H11N3O. The number of nitrogens with zero attached hydrogens (tertiary/aromatic N) is 2. The number of rotatable bonds is 1. The molecule has 0 bridgehead atoms. The molecule has 60 valence electrons. The van der Waals surface area contributed by atoms with Gasteiger partial charge >= 0.3 is 0 Å². The molecule has 11 heavy (non-hydrogen) atoms. The molecule has 1 heterocycles. The minimum Gasteiger partial charge on any atom is -0.310 e.